The number of carbonyl (C=O) groups is 1. The maximum Gasteiger partial charge on any atom is 0.125 e. The van der Waals surface area contributed by atoms with E-state index in [0.717, 1.165) is 24.1 Å². The minimum atomic E-state index is 0.215. The zero-order valence-electron chi connectivity index (χ0n) is 8.95. The van der Waals surface area contributed by atoms with E-state index in [-0.39, 0.29) is 5.41 Å². The van der Waals surface area contributed by atoms with Gasteiger partial charge in [0.25, 0.3) is 0 Å². The minimum absolute atomic E-state index is 0.215. The molecule has 0 saturated carbocycles. The zero-order valence-corrected chi connectivity index (χ0v) is 8.95. The molecule has 0 N–H and O–H groups in total. The summed E-state index contributed by atoms with van der Waals surface area (Å²) in [6.45, 7) is 6.48. The van der Waals surface area contributed by atoms with Crippen LogP contribution in [-0.4, -0.2) is 16.3 Å². The molecule has 0 fully saturated rings. The second-order valence-corrected chi connectivity index (χ2v) is 4.61. The first-order valence-corrected chi connectivity index (χ1v) is 4.75. The summed E-state index contributed by atoms with van der Waals surface area (Å²) >= 11 is 0. The molecule has 3 nitrogen and oxygen atoms in total. The van der Waals surface area contributed by atoms with Gasteiger partial charge in [-0.15, -0.1) is 0 Å². The van der Waals surface area contributed by atoms with Gasteiger partial charge in [0, 0.05) is 12.1 Å². The molecule has 3 heteroatoms. The molecule has 0 aliphatic rings. The van der Waals surface area contributed by atoms with E-state index in [4.69, 9.17) is 0 Å². The summed E-state index contributed by atoms with van der Waals surface area (Å²) in [5.74, 6) is 0. The first kappa shape index (κ1) is 10.8. The van der Waals surface area contributed by atoms with Crippen LogP contribution in [-0.2, 0) is 17.6 Å². The quantitative estimate of drug-likeness (QED) is 0.686. The Labute approximate surface area is 84.6 Å². The normalized spacial score (nSPS) is 11.4. The molecule has 0 aliphatic heterocycles. The molecule has 76 valence electrons. The number of rotatable bonds is 3. The second kappa shape index (κ2) is 4.31. The molecule has 0 atom stereocenters. The van der Waals surface area contributed by atoms with E-state index in [1.807, 2.05) is 6.07 Å². The van der Waals surface area contributed by atoms with E-state index in [1.165, 1.54) is 6.33 Å². The summed E-state index contributed by atoms with van der Waals surface area (Å²) in [4.78, 5) is 18.5. The number of nitrogens with zero attached hydrogens (tertiary/aromatic N) is 2. The van der Waals surface area contributed by atoms with Crippen molar-refractivity contribution >= 4 is 6.29 Å². The standard InChI is InChI=1S/C11H16N2O/c1-11(2,3)7-10-6-9(4-5-14)12-8-13-10/h5-6,8H,4,7H2,1-3H3. The summed E-state index contributed by atoms with van der Waals surface area (Å²) in [5, 5.41) is 0. The average molecular weight is 192 g/mol. The van der Waals surface area contributed by atoms with Gasteiger partial charge in [-0.2, -0.15) is 0 Å². The van der Waals surface area contributed by atoms with Crippen LogP contribution in [0.2, 0.25) is 0 Å². The second-order valence-electron chi connectivity index (χ2n) is 4.61. The summed E-state index contributed by atoms with van der Waals surface area (Å²) in [6.07, 6.45) is 3.67. The van der Waals surface area contributed by atoms with Gasteiger partial charge in [0.05, 0.1) is 5.69 Å². The highest BCUT2D eigenvalue weighted by molar-refractivity contribution is 5.53. The fourth-order valence-corrected chi connectivity index (χ4v) is 1.28. The molecule has 0 aromatic carbocycles. The molecule has 0 aliphatic carbocycles. The third kappa shape index (κ3) is 3.64. The minimum Gasteiger partial charge on any atom is -0.303 e. The molecule has 0 radical (unpaired) electrons. The van der Waals surface area contributed by atoms with Gasteiger partial charge in [0.1, 0.15) is 12.6 Å². The predicted molar refractivity (Wildman–Crippen MR) is 55.0 cm³/mol. The maximum atomic E-state index is 10.3. The van der Waals surface area contributed by atoms with E-state index in [1.54, 1.807) is 0 Å². The molecule has 0 amide bonds. The van der Waals surface area contributed by atoms with Gasteiger partial charge in [-0.3, -0.25) is 0 Å². The van der Waals surface area contributed by atoms with Gasteiger partial charge in [-0.05, 0) is 17.9 Å². The van der Waals surface area contributed by atoms with Gasteiger partial charge in [-0.25, -0.2) is 9.97 Å². The van der Waals surface area contributed by atoms with Crippen LogP contribution in [0.15, 0.2) is 12.4 Å². The van der Waals surface area contributed by atoms with Crippen LogP contribution < -0.4 is 0 Å². The van der Waals surface area contributed by atoms with E-state index < -0.39 is 0 Å². The predicted octanol–water partition coefficient (Wildman–Crippen LogP) is 1.81. The molecule has 0 unspecified atom stereocenters. The smallest absolute Gasteiger partial charge is 0.125 e. The van der Waals surface area contributed by atoms with Crippen molar-refractivity contribution in [1.29, 1.82) is 0 Å². The van der Waals surface area contributed by atoms with Crippen molar-refractivity contribution in [3.8, 4) is 0 Å². The lowest BCUT2D eigenvalue weighted by molar-refractivity contribution is -0.107. The van der Waals surface area contributed by atoms with Crippen molar-refractivity contribution in [2.75, 3.05) is 0 Å². The Balaban J connectivity index is 2.78. The van der Waals surface area contributed by atoms with Crippen LogP contribution in [0.3, 0.4) is 0 Å². The molecule has 0 bridgehead atoms. The molecular weight excluding hydrogens is 176 g/mol. The van der Waals surface area contributed by atoms with Gasteiger partial charge in [-0.1, -0.05) is 20.8 Å². The zero-order chi connectivity index (χ0) is 10.6. The van der Waals surface area contributed by atoms with Gasteiger partial charge < -0.3 is 4.79 Å². The Morgan fingerprint density at radius 2 is 1.93 bits per heavy atom. The van der Waals surface area contributed by atoms with Crippen molar-refractivity contribution in [2.24, 2.45) is 5.41 Å². The topological polar surface area (TPSA) is 42.9 Å². The molecule has 14 heavy (non-hydrogen) atoms. The van der Waals surface area contributed by atoms with Gasteiger partial charge >= 0.3 is 0 Å². The Morgan fingerprint density at radius 3 is 2.50 bits per heavy atom. The first-order chi connectivity index (χ1) is 6.51. The van der Waals surface area contributed by atoms with Crippen LogP contribution in [0.1, 0.15) is 32.2 Å². The number of carbonyl (C=O) groups excluding carboxylic acids is 1. The number of hydrogen-bond donors (Lipinski definition) is 0. The van der Waals surface area contributed by atoms with E-state index in [2.05, 4.69) is 30.7 Å². The van der Waals surface area contributed by atoms with Crippen molar-refractivity contribution in [3.05, 3.63) is 23.8 Å². The van der Waals surface area contributed by atoms with Crippen LogP contribution in [0.25, 0.3) is 0 Å². The Morgan fingerprint density at radius 1 is 1.29 bits per heavy atom. The van der Waals surface area contributed by atoms with E-state index >= 15 is 0 Å². The fraction of sp³-hybridized carbons (Fsp3) is 0.545. The summed E-state index contributed by atoms with van der Waals surface area (Å²) < 4.78 is 0. The highest BCUT2D eigenvalue weighted by Crippen LogP contribution is 2.19. The van der Waals surface area contributed by atoms with Crippen molar-refractivity contribution in [3.63, 3.8) is 0 Å². The molecule has 0 spiro atoms. The fourth-order valence-electron chi connectivity index (χ4n) is 1.28. The third-order valence-electron chi connectivity index (χ3n) is 1.78. The lowest BCUT2D eigenvalue weighted by Crippen LogP contribution is -2.11. The molecule has 0 saturated heterocycles. The lowest BCUT2D eigenvalue weighted by atomic mass is 9.90. The summed E-state index contributed by atoms with van der Waals surface area (Å²) in [6, 6.07) is 1.90. The van der Waals surface area contributed by atoms with Crippen LogP contribution >= 0.6 is 0 Å². The lowest BCUT2D eigenvalue weighted by Gasteiger charge is -2.17. The highest BCUT2D eigenvalue weighted by atomic mass is 16.1. The summed E-state index contributed by atoms with van der Waals surface area (Å²) in [7, 11) is 0. The molecule has 1 rings (SSSR count). The Bertz CT molecular complexity index is 315. The van der Waals surface area contributed by atoms with Gasteiger partial charge in [0.2, 0.25) is 0 Å². The number of hydrogen-bond acceptors (Lipinski definition) is 3. The van der Waals surface area contributed by atoms with Crippen LogP contribution in [0.4, 0.5) is 0 Å². The van der Waals surface area contributed by atoms with E-state index in [9.17, 15) is 4.79 Å². The molecular formula is C11H16N2O. The van der Waals surface area contributed by atoms with E-state index in [0.29, 0.717) is 6.42 Å². The number of aldehydes is 1. The Hall–Kier alpha value is -1.25. The SMILES string of the molecule is CC(C)(C)Cc1cc(CC=O)ncn1. The Kier molecular flexibility index (Phi) is 3.33. The van der Waals surface area contributed by atoms with Crippen LogP contribution in [0, 0.1) is 5.41 Å². The highest BCUT2D eigenvalue weighted by Gasteiger charge is 2.12. The molecule has 1 aromatic rings. The molecule has 1 aromatic heterocycles. The average Bonchev–Trinajstić information content (AvgIpc) is 2.02. The monoisotopic (exact) mass is 192 g/mol. The van der Waals surface area contributed by atoms with Crippen molar-refractivity contribution in [2.45, 2.75) is 33.6 Å². The van der Waals surface area contributed by atoms with Crippen molar-refractivity contribution in [1.82, 2.24) is 9.97 Å². The molecule has 1 heterocycles. The van der Waals surface area contributed by atoms with Gasteiger partial charge in [0.15, 0.2) is 0 Å². The summed E-state index contributed by atoms with van der Waals surface area (Å²) in [5.41, 5.74) is 2.02. The number of aromatic nitrogens is 2. The largest absolute Gasteiger partial charge is 0.303 e. The van der Waals surface area contributed by atoms with Crippen LogP contribution in [0.5, 0.6) is 0 Å². The van der Waals surface area contributed by atoms with Crippen molar-refractivity contribution < 1.29 is 4.79 Å². The first-order valence-electron chi connectivity index (χ1n) is 4.75. The maximum absolute atomic E-state index is 10.3. The third-order valence-corrected chi connectivity index (χ3v) is 1.78.